The topological polar surface area (TPSA) is 65.4 Å². The highest BCUT2D eigenvalue weighted by atomic mass is 16.5. The molecule has 17 heavy (non-hydrogen) atoms. The Morgan fingerprint density at radius 1 is 1.41 bits per heavy atom. The highest BCUT2D eigenvalue weighted by Crippen LogP contribution is 2.38. The number of nitrogen functional groups attached to an aromatic ring is 1. The molecule has 0 radical (unpaired) electrons. The molecule has 2 N–H and O–H groups in total. The van der Waals surface area contributed by atoms with E-state index in [0.717, 1.165) is 17.6 Å². The van der Waals surface area contributed by atoms with E-state index in [1.54, 1.807) is 0 Å². The van der Waals surface area contributed by atoms with Gasteiger partial charge in [-0.05, 0) is 31.4 Å². The van der Waals surface area contributed by atoms with Gasteiger partial charge in [0, 0.05) is 0 Å². The van der Waals surface area contributed by atoms with Crippen LogP contribution in [0.1, 0.15) is 32.1 Å². The molecule has 3 heterocycles. The van der Waals surface area contributed by atoms with Gasteiger partial charge < -0.3 is 10.5 Å². The van der Waals surface area contributed by atoms with E-state index in [-0.39, 0.29) is 6.10 Å². The molecule has 90 valence electrons. The van der Waals surface area contributed by atoms with Crippen LogP contribution in [0.25, 0.3) is 5.52 Å². The van der Waals surface area contributed by atoms with Gasteiger partial charge in [-0.2, -0.15) is 5.10 Å². The van der Waals surface area contributed by atoms with Crippen molar-refractivity contribution >= 4 is 11.3 Å². The van der Waals surface area contributed by atoms with Crippen molar-refractivity contribution in [1.29, 1.82) is 0 Å². The van der Waals surface area contributed by atoms with Crippen LogP contribution in [0.2, 0.25) is 0 Å². The monoisotopic (exact) mass is 232 g/mol. The molecule has 0 spiro atoms. The molecule has 5 heteroatoms. The Morgan fingerprint density at radius 2 is 2.24 bits per heavy atom. The van der Waals surface area contributed by atoms with Crippen LogP contribution < -0.4 is 5.73 Å². The number of fused-ring (bicyclic) bond motifs is 1. The Hall–Kier alpha value is -1.62. The van der Waals surface area contributed by atoms with Gasteiger partial charge in [-0.15, -0.1) is 0 Å². The van der Waals surface area contributed by atoms with Crippen LogP contribution in [0.5, 0.6) is 0 Å². The van der Waals surface area contributed by atoms with Crippen LogP contribution >= 0.6 is 0 Å². The zero-order valence-corrected chi connectivity index (χ0v) is 10.00. The fourth-order valence-electron chi connectivity index (χ4n) is 2.64. The van der Waals surface area contributed by atoms with E-state index < -0.39 is 0 Å². The molecule has 0 saturated carbocycles. The molecule has 0 aliphatic carbocycles. The summed E-state index contributed by atoms with van der Waals surface area (Å²) >= 11 is 0. The lowest BCUT2D eigenvalue weighted by atomic mass is 10.00. The standard InChI is InChI=1S/C12H16N4O/c1-7-5-8(2)17-11(7)9-3-4-10-12(13)14-6-15-16(9)10/h3-4,6-8,11H,5H2,1-2H3,(H2,13,14,15). The van der Waals surface area contributed by atoms with E-state index in [4.69, 9.17) is 10.5 Å². The van der Waals surface area contributed by atoms with E-state index in [1.165, 1.54) is 6.33 Å². The van der Waals surface area contributed by atoms with Gasteiger partial charge in [0.2, 0.25) is 0 Å². The highest BCUT2D eigenvalue weighted by Gasteiger charge is 2.32. The normalized spacial score (nSPS) is 28.9. The van der Waals surface area contributed by atoms with Gasteiger partial charge in [-0.3, -0.25) is 0 Å². The van der Waals surface area contributed by atoms with E-state index in [9.17, 15) is 0 Å². The summed E-state index contributed by atoms with van der Waals surface area (Å²) in [5.74, 6) is 1.00. The molecule has 0 amide bonds. The second-order valence-electron chi connectivity index (χ2n) is 4.78. The SMILES string of the molecule is CC1CC(C)C(c2ccc3c(N)ncnn23)O1. The molecule has 1 saturated heterocycles. The number of ether oxygens (including phenoxy) is 1. The van der Waals surface area contributed by atoms with Gasteiger partial charge in [0.15, 0.2) is 5.82 Å². The van der Waals surface area contributed by atoms with E-state index >= 15 is 0 Å². The van der Waals surface area contributed by atoms with Crippen molar-refractivity contribution in [3.8, 4) is 0 Å². The van der Waals surface area contributed by atoms with Gasteiger partial charge in [0.05, 0.1) is 11.8 Å². The Balaban J connectivity index is 2.09. The maximum absolute atomic E-state index is 5.94. The van der Waals surface area contributed by atoms with Gasteiger partial charge in [0.1, 0.15) is 17.9 Å². The smallest absolute Gasteiger partial charge is 0.151 e. The van der Waals surface area contributed by atoms with E-state index in [0.29, 0.717) is 17.8 Å². The van der Waals surface area contributed by atoms with Crippen molar-refractivity contribution in [2.45, 2.75) is 32.5 Å². The lowest BCUT2D eigenvalue weighted by molar-refractivity contribution is 0.0415. The quantitative estimate of drug-likeness (QED) is 0.814. The summed E-state index contributed by atoms with van der Waals surface area (Å²) in [6, 6.07) is 3.98. The molecule has 3 atom stereocenters. The number of hydrogen-bond donors (Lipinski definition) is 1. The summed E-state index contributed by atoms with van der Waals surface area (Å²) < 4.78 is 7.78. The minimum absolute atomic E-state index is 0.0989. The molecule has 0 bridgehead atoms. The number of anilines is 1. The maximum atomic E-state index is 5.94. The van der Waals surface area contributed by atoms with Crippen molar-refractivity contribution in [3.63, 3.8) is 0 Å². The number of rotatable bonds is 1. The molecule has 5 nitrogen and oxygen atoms in total. The van der Waals surface area contributed by atoms with Crippen LogP contribution in [-0.4, -0.2) is 20.7 Å². The lowest BCUT2D eigenvalue weighted by Gasteiger charge is -2.14. The predicted molar refractivity (Wildman–Crippen MR) is 64.5 cm³/mol. The summed E-state index contributed by atoms with van der Waals surface area (Å²) in [5.41, 5.74) is 7.72. The van der Waals surface area contributed by atoms with Gasteiger partial charge in [-0.25, -0.2) is 9.50 Å². The summed E-state index contributed by atoms with van der Waals surface area (Å²) in [5, 5.41) is 4.25. The summed E-state index contributed by atoms with van der Waals surface area (Å²) in [6.45, 7) is 4.31. The summed E-state index contributed by atoms with van der Waals surface area (Å²) in [4.78, 5) is 3.99. The first-order valence-corrected chi connectivity index (χ1v) is 5.90. The van der Waals surface area contributed by atoms with Gasteiger partial charge >= 0.3 is 0 Å². The molecular formula is C12H16N4O. The first-order valence-electron chi connectivity index (χ1n) is 5.90. The Labute approximate surface area is 99.6 Å². The molecule has 1 aliphatic rings. The number of nitrogens with two attached hydrogens (primary N) is 1. The van der Waals surface area contributed by atoms with Crippen LogP contribution in [-0.2, 0) is 4.74 Å². The maximum Gasteiger partial charge on any atom is 0.151 e. The van der Waals surface area contributed by atoms with Crippen LogP contribution in [0, 0.1) is 5.92 Å². The molecule has 3 rings (SSSR count). The van der Waals surface area contributed by atoms with E-state index in [1.807, 2.05) is 16.6 Å². The average molecular weight is 232 g/mol. The van der Waals surface area contributed by atoms with Crippen LogP contribution in [0.15, 0.2) is 18.5 Å². The lowest BCUT2D eigenvalue weighted by Crippen LogP contribution is -2.10. The van der Waals surface area contributed by atoms with Crippen molar-refractivity contribution in [2.24, 2.45) is 5.92 Å². The summed E-state index contributed by atoms with van der Waals surface area (Å²) in [7, 11) is 0. The molecule has 1 fully saturated rings. The third-order valence-electron chi connectivity index (χ3n) is 3.40. The van der Waals surface area contributed by atoms with Crippen molar-refractivity contribution < 1.29 is 4.74 Å². The number of aromatic nitrogens is 3. The fraction of sp³-hybridized carbons (Fsp3) is 0.500. The Bertz CT molecular complexity index is 550. The van der Waals surface area contributed by atoms with Crippen molar-refractivity contribution in [1.82, 2.24) is 14.6 Å². The molecule has 3 unspecified atom stereocenters. The van der Waals surface area contributed by atoms with Crippen molar-refractivity contribution in [2.75, 3.05) is 5.73 Å². The number of hydrogen-bond acceptors (Lipinski definition) is 4. The van der Waals surface area contributed by atoms with Gasteiger partial charge in [-0.1, -0.05) is 6.92 Å². The van der Waals surface area contributed by atoms with Crippen LogP contribution in [0.3, 0.4) is 0 Å². The van der Waals surface area contributed by atoms with Gasteiger partial charge in [0.25, 0.3) is 0 Å². The molecule has 2 aromatic rings. The minimum Gasteiger partial charge on any atom is -0.382 e. The minimum atomic E-state index is 0.0989. The van der Waals surface area contributed by atoms with Crippen LogP contribution in [0.4, 0.5) is 5.82 Å². The average Bonchev–Trinajstić information content (AvgIpc) is 2.83. The fourth-order valence-corrected chi connectivity index (χ4v) is 2.64. The first kappa shape index (κ1) is 10.5. The van der Waals surface area contributed by atoms with Crippen molar-refractivity contribution in [3.05, 3.63) is 24.2 Å². The molecule has 2 aromatic heterocycles. The molecule has 1 aliphatic heterocycles. The third-order valence-corrected chi connectivity index (χ3v) is 3.40. The predicted octanol–water partition coefficient (Wildman–Crippen LogP) is 1.80. The third kappa shape index (κ3) is 1.58. The zero-order valence-electron chi connectivity index (χ0n) is 10.00. The molecular weight excluding hydrogens is 216 g/mol. The summed E-state index contributed by atoms with van der Waals surface area (Å²) in [6.07, 6.45) is 2.97. The molecule has 0 aromatic carbocycles. The Kier molecular flexibility index (Phi) is 2.29. The zero-order chi connectivity index (χ0) is 12.0. The van der Waals surface area contributed by atoms with E-state index in [2.05, 4.69) is 23.9 Å². The first-order chi connectivity index (χ1) is 8.16. The highest BCUT2D eigenvalue weighted by molar-refractivity contribution is 5.65. The Morgan fingerprint density at radius 3 is 2.94 bits per heavy atom. The second kappa shape index (κ2) is 3.70. The largest absolute Gasteiger partial charge is 0.382 e. The second-order valence-corrected chi connectivity index (χ2v) is 4.78. The number of nitrogens with zero attached hydrogens (tertiary/aromatic N) is 3.